The molecule has 422 valence electrons. The molecule has 0 saturated heterocycles. The third kappa shape index (κ3) is 53.0. The van der Waals surface area contributed by atoms with E-state index in [4.69, 9.17) is 23.3 Å². The van der Waals surface area contributed by atoms with E-state index in [2.05, 4.69) is 130 Å². The minimum atomic E-state index is -4.77. The molecule has 0 aliphatic heterocycles. The summed E-state index contributed by atoms with van der Waals surface area (Å²) in [5.41, 5.74) is 0. The first kappa shape index (κ1) is 70.1. The highest BCUT2D eigenvalue weighted by molar-refractivity contribution is 7.47. The van der Waals surface area contributed by atoms with Crippen LogP contribution >= 0.6 is 7.82 Å². The standard InChI is InChI=1S/C62H103O11P/c1-4-7-10-13-16-19-22-25-27-28-29-30-32-35-38-41-44-47-50-53-62(66)73-59(55-69-60(64)51-48-45-42-39-36-33-24-21-18-15-12-9-6-3)57-71-74(67,68)70-56-58(54-63)72-61(65)52-49-46-43-40-37-34-31-26-23-20-17-14-11-8-5-2/h7-8,10-12,15-17,19-21,24-27,29-31,58-59,63H,4-6,9,13-14,18,22-23,28,32-57H2,1-3H3,(H,67,68)/b10-7-,11-8-,15-12-,19-16-,20-17-,24-21-,27-25-,30-29-,31-26-. The van der Waals surface area contributed by atoms with Crippen molar-refractivity contribution in [3.8, 4) is 0 Å². The van der Waals surface area contributed by atoms with Gasteiger partial charge in [0.2, 0.25) is 0 Å². The molecule has 0 rings (SSSR count). The molecule has 3 unspecified atom stereocenters. The van der Waals surface area contributed by atoms with Crippen LogP contribution in [0.5, 0.6) is 0 Å². The lowest BCUT2D eigenvalue weighted by molar-refractivity contribution is -0.161. The van der Waals surface area contributed by atoms with Crippen LogP contribution in [0.1, 0.15) is 226 Å². The molecule has 11 nitrogen and oxygen atoms in total. The summed E-state index contributed by atoms with van der Waals surface area (Å²) >= 11 is 0. The number of phosphoric ester groups is 1. The second kappa shape index (κ2) is 55.4. The molecule has 0 saturated carbocycles. The first-order chi connectivity index (χ1) is 36.2. The summed E-state index contributed by atoms with van der Waals surface area (Å²) in [5, 5.41) is 9.81. The molecular weight excluding hydrogens is 952 g/mol. The van der Waals surface area contributed by atoms with Crippen LogP contribution in [0.25, 0.3) is 0 Å². The van der Waals surface area contributed by atoms with Gasteiger partial charge in [0.1, 0.15) is 12.7 Å². The van der Waals surface area contributed by atoms with E-state index < -0.39 is 57.8 Å². The van der Waals surface area contributed by atoms with Gasteiger partial charge in [-0.25, -0.2) is 4.57 Å². The van der Waals surface area contributed by atoms with Gasteiger partial charge >= 0.3 is 25.7 Å². The molecule has 0 aromatic carbocycles. The Morgan fingerprint density at radius 1 is 0.392 bits per heavy atom. The summed E-state index contributed by atoms with van der Waals surface area (Å²) in [5.74, 6) is -1.52. The summed E-state index contributed by atoms with van der Waals surface area (Å²) in [6.07, 6.45) is 66.1. The Labute approximate surface area is 450 Å². The Kier molecular flexibility index (Phi) is 52.5. The zero-order chi connectivity index (χ0) is 54.1. The second-order valence-corrected chi connectivity index (χ2v) is 20.1. The highest BCUT2D eigenvalue weighted by Gasteiger charge is 2.28. The Hall–Kier alpha value is -3.86. The van der Waals surface area contributed by atoms with Crippen LogP contribution in [0.15, 0.2) is 109 Å². The molecule has 0 radical (unpaired) electrons. The van der Waals surface area contributed by atoms with Crippen LogP contribution in [-0.2, 0) is 42.2 Å². The molecule has 0 bridgehead atoms. The fourth-order valence-corrected chi connectivity index (χ4v) is 8.12. The number of aliphatic hydroxyl groups is 1. The molecule has 0 fully saturated rings. The lowest BCUT2D eigenvalue weighted by Gasteiger charge is -2.21. The van der Waals surface area contributed by atoms with Gasteiger partial charge in [-0.05, 0) is 116 Å². The van der Waals surface area contributed by atoms with E-state index in [1.807, 2.05) is 0 Å². The number of aliphatic hydroxyl groups excluding tert-OH is 1. The zero-order valence-corrected chi connectivity index (χ0v) is 47.4. The van der Waals surface area contributed by atoms with Gasteiger partial charge < -0.3 is 24.2 Å². The summed E-state index contributed by atoms with van der Waals surface area (Å²) in [4.78, 5) is 48.5. The van der Waals surface area contributed by atoms with Crippen molar-refractivity contribution in [3.05, 3.63) is 109 Å². The molecule has 0 aliphatic rings. The highest BCUT2D eigenvalue weighted by Crippen LogP contribution is 2.43. The minimum Gasteiger partial charge on any atom is -0.462 e. The molecule has 0 amide bonds. The van der Waals surface area contributed by atoms with E-state index in [9.17, 15) is 28.9 Å². The topological polar surface area (TPSA) is 155 Å². The third-order valence-electron chi connectivity index (χ3n) is 11.6. The molecule has 0 spiro atoms. The summed E-state index contributed by atoms with van der Waals surface area (Å²) in [6, 6.07) is 0. The van der Waals surface area contributed by atoms with Crippen molar-refractivity contribution in [3.63, 3.8) is 0 Å². The molecule has 0 aromatic rings. The van der Waals surface area contributed by atoms with Gasteiger partial charge in [0.15, 0.2) is 6.10 Å². The number of phosphoric acid groups is 1. The van der Waals surface area contributed by atoms with Gasteiger partial charge in [0.25, 0.3) is 0 Å². The van der Waals surface area contributed by atoms with Crippen LogP contribution in [0, 0.1) is 0 Å². The molecule has 2 N–H and O–H groups in total. The van der Waals surface area contributed by atoms with E-state index in [1.165, 1.54) is 0 Å². The molecule has 3 atom stereocenters. The first-order valence-corrected chi connectivity index (χ1v) is 30.3. The van der Waals surface area contributed by atoms with Crippen LogP contribution in [-0.4, -0.2) is 66.5 Å². The largest absolute Gasteiger partial charge is 0.472 e. The van der Waals surface area contributed by atoms with E-state index in [1.54, 1.807) is 0 Å². The van der Waals surface area contributed by atoms with Crippen molar-refractivity contribution in [1.29, 1.82) is 0 Å². The van der Waals surface area contributed by atoms with Gasteiger partial charge in [0, 0.05) is 19.3 Å². The van der Waals surface area contributed by atoms with Crippen molar-refractivity contribution >= 4 is 25.7 Å². The SMILES string of the molecule is CC/C=C\C/C=C\C/C=C\C/C=C\CCCCCCCCC(=O)OC(COC(=O)CCCCCCC/C=C\C/C=C\CCC)COP(=O)(O)OCC(CO)OC(=O)CCCCCCC/C=C\C/C=C\C/C=C\CC. The van der Waals surface area contributed by atoms with Crippen molar-refractivity contribution in [2.24, 2.45) is 0 Å². The van der Waals surface area contributed by atoms with Crippen LogP contribution < -0.4 is 0 Å². The quantitative estimate of drug-likeness (QED) is 0.0197. The van der Waals surface area contributed by atoms with Gasteiger partial charge in [-0.3, -0.25) is 23.4 Å². The fourth-order valence-electron chi connectivity index (χ4n) is 7.34. The van der Waals surface area contributed by atoms with Gasteiger partial charge in [-0.2, -0.15) is 0 Å². The monoisotopic (exact) mass is 1050 g/mol. The Morgan fingerprint density at radius 2 is 0.703 bits per heavy atom. The molecule has 0 aliphatic carbocycles. The molecule has 12 heteroatoms. The maximum absolute atomic E-state index is 12.9. The predicted octanol–water partition coefficient (Wildman–Crippen LogP) is 17.0. The smallest absolute Gasteiger partial charge is 0.462 e. The van der Waals surface area contributed by atoms with E-state index in [0.29, 0.717) is 19.3 Å². The highest BCUT2D eigenvalue weighted by atomic mass is 31.2. The fraction of sp³-hybridized carbons (Fsp3) is 0.661. The van der Waals surface area contributed by atoms with Crippen LogP contribution in [0.3, 0.4) is 0 Å². The van der Waals surface area contributed by atoms with Crippen molar-refractivity contribution in [1.82, 2.24) is 0 Å². The maximum Gasteiger partial charge on any atom is 0.472 e. The van der Waals surface area contributed by atoms with Crippen molar-refractivity contribution < 1.29 is 52.2 Å². The average molecular weight is 1060 g/mol. The Balaban J connectivity index is 4.78. The number of carbonyl (C=O) groups is 3. The maximum atomic E-state index is 12.9. The molecule has 74 heavy (non-hydrogen) atoms. The van der Waals surface area contributed by atoms with Crippen molar-refractivity contribution in [2.45, 2.75) is 238 Å². The van der Waals surface area contributed by atoms with Crippen LogP contribution in [0.2, 0.25) is 0 Å². The third-order valence-corrected chi connectivity index (χ3v) is 12.6. The number of allylic oxidation sites excluding steroid dienone is 18. The summed E-state index contributed by atoms with van der Waals surface area (Å²) in [6.45, 7) is 4.29. The van der Waals surface area contributed by atoms with Gasteiger partial charge in [-0.15, -0.1) is 0 Å². The number of esters is 3. The average Bonchev–Trinajstić information content (AvgIpc) is 3.39. The van der Waals surface area contributed by atoms with E-state index in [0.717, 1.165) is 167 Å². The van der Waals surface area contributed by atoms with Gasteiger partial charge in [-0.1, -0.05) is 201 Å². The lowest BCUT2D eigenvalue weighted by Crippen LogP contribution is -2.30. The van der Waals surface area contributed by atoms with Crippen LogP contribution in [0.4, 0.5) is 0 Å². The Bertz CT molecular complexity index is 1660. The normalized spacial score (nSPS) is 14.2. The number of unbranched alkanes of at least 4 members (excludes halogenated alkanes) is 17. The van der Waals surface area contributed by atoms with Gasteiger partial charge in [0.05, 0.1) is 19.8 Å². The lowest BCUT2D eigenvalue weighted by atomic mass is 10.1. The molecule has 0 heterocycles. The number of hydrogen-bond donors (Lipinski definition) is 2. The van der Waals surface area contributed by atoms with E-state index in [-0.39, 0.29) is 25.9 Å². The number of ether oxygens (including phenoxy) is 3. The van der Waals surface area contributed by atoms with Crippen molar-refractivity contribution in [2.75, 3.05) is 26.4 Å². The molecule has 0 aromatic heterocycles. The number of rotatable bonds is 52. The number of hydrogen-bond acceptors (Lipinski definition) is 10. The summed E-state index contributed by atoms with van der Waals surface area (Å²) < 4.78 is 39.5. The second-order valence-electron chi connectivity index (χ2n) is 18.7. The Morgan fingerprint density at radius 3 is 1.08 bits per heavy atom. The summed E-state index contributed by atoms with van der Waals surface area (Å²) in [7, 11) is -4.77. The number of carbonyl (C=O) groups excluding carboxylic acids is 3. The van der Waals surface area contributed by atoms with E-state index >= 15 is 0 Å². The minimum absolute atomic E-state index is 0.142. The predicted molar refractivity (Wildman–Crippen MR) is 307 cm³/mol. The first-order valence-electron chi connectivity index (χ1n) is 28.8. The zero-order valence-electron chi connectivity index (χ0n) is 46.5. The molecular formula is C62H103O11P.